The highest BCUT2D eigenvalue weighted by atomic mass is 16.7. The molecule has 2 aromatic rings. The molecule has 6 atom stereocenters. The lowest BCUT2D eigenvalue weighted by Gasteiger charge is -2.39. The number of anilines is 1. The Morgan fingerprint density at radius 1 is 1.08 bits per heavy atom. The number of phenols is 2. The molecule has 0 aromatic heterocycles. The molecule has 12 nitrogen and oxygen atoms in total. The number of hydrogen-bond acceptors (Lipinski definition) is 11. The number of amides is 1. The molecule has 198 valence electrons. The van der Waals surface area contributed by atoms with Gasteiger partial charge in [0.2, 0.25) is 6.29 Å². The number of rotatable bonds is 6. The zero-order chi connectivity index (χ0) is 26.9. The average molecular weight is 517 g/mol. The SMILES string of the molecule is COC(=O)[C@@H]1Cc2cc(O)c(O[C@@H]3O[C@H](CO)[C@@H](O)[C@H](O)[C@H]3O)cc2N1C(=O)/C=C/c1ccc(O)cc1. The number of aliphatic hydroxyl groups excluding tert-OH is 4. The first-order valence-corrected chi connectivity index (χ1v) is 11.4. The van der Waals surface area contributed by atoms with Gasteiger partial charge in [-0.3, -0.25) is 9.69 Å². The van der Waals surface area contributed by atoms with Crippen LogP contribution < -0.4 is 9.64 Å². The van der Waals surface area contributed by atoms with Gasteiger partial charge in [-0.2, -0.15) is 0 Å². The van der Waals surface area contributed by atoms with Gasteiger partial charge in [0.1, 0.15) is 36.2 Å². The lowest BCUT2D eigenvalue weighted by atomic mass is 9.99. The van der Waals surface area contributed by atoms with Crippen LogP contribution in [0.3, 0.4) is 0 Å². The maximum atomic E-state index is 13.2. The zero-order valence-electron chi connectivity index (χ0n) is 19.7. The van der Waals surface area contributed by atoms with Gasteiger partial charge in [0, 0.05) is 18.6 Å². The number of phenolic OH excluding ortho intramolecular Hbond substituents is 2. The topological polar surface area (TPSA) is 186 Å². The normalized spacial score (nSPS) is 27.2. The van der Waals surface area contributed by atoms with Crippen molar-refractivity contribution >= 4 is 23.6 Å². The molecule has 4 rings (SSSR count). The summed E-state index contributed by atoms with van der Waals surface area (Å²) in [5.41, 5.74) is 1.30. The molecule has 0 unspecified atom stereocenters. The summed E-state index contributed by atoms with van der Waals surface area (Å²) in [7, 11) is 1.19. The van der Waals surface area contributed by atoms with Crippen LogP contribution in [0.25, 0.3) is 6.08 Å². The van der Waals surface area contributed by atoms with Crippen molar-refractivity contribution in [3.63, 3.8) is 0 Å². The molecule has 37 heavy (non-hydrogen) atoms. The van der Waals surface area contributed by atoms with E-state index in [2.05, 4.69) is 0 Å². The fraction of sp³-hybridized carbons (Fsp3) is 0.360. The first-order chi connectivity index (χ1) is 17.6. The van der Waals surface area contributed by atoms with Crippen LogP contribution in [0.15, 0.2) is 42.5 Å². The second-order valence-corrected chi connectivity index (χ2v) is 8.64. The molecule has 1 amide bonds. The number of aromatic hydroxyl groups is 2. The van der Waals surface area contributed by atoms with E-state index in [-0.39, 0.29) is 23.6 Å². The van der Waals surface area contributed by atoms with Crippen LogP contribution in [0.2, 0.25) is 0 Å². The van der Waals surface area contributed by atoms with E-state index in [0.717, 1.165) is 0 Å². The lowest BCUT2D eigenvalue weighted by Crippen LogP contribution is -2.60. The summed E-state index contributed by atoms with van der Waals surface area (Å²) in [5.74, 6) is -1.83. The quantitative estimate of drug-likeness (QED) is 0.213. The molecule has 1 fully saturated rings. The van der Waals surface area contributed by atoms with Crippen molar-refractivity contribution in [3.8, 4) is 17.2 Å². The average Bonchev–Trinajstić information content (AvgIpc) is 3.26. The Morgan fingerprint density at radius 3 is 2.43 bits per heavy atom. The van der Waals surface area contributed by atoms with E-state index in [4.69, 9.17) is 14.2 Å². The molecule has 12 heteroatoms. The Kier molecular flexibility index (Phi) is 7.66. The minimum absolute atomic E-state index is 0.0503. The number of carbonyl (C=O) groups is 2. The number of nitrogens with zero attached hydrogens (tertiary/aromatic N) is 1. The summed E-state index contributed by atoms with van der Waals surface area (Å²) in [6.07, 6.45) is -5.03. The summed E-state index contributed by atoms with van der Waals surface area (Å²) in [5, 5.41) is 59.6. The van der Waals surface area contributed by atoms with Gasteiger partial charge in [0.25, 0.3) is 5.91 Å². The van der Waals surface area contributed by atoms with E-state index >= 15 is 0 Å². The molecule has 6 N–H and O–H groups in total. The minimum Gasteiger partial charge on any atom is -0.508 e. The standard InChI is InChI=1S/C25H27NO11/c1-35-24(34)16-8-13-9-17(29)18(36-25-23(33)22(32)21(31)19(11-27)37-25)10-15(13)26(16)20(30)7-4-12-2-5-14(28)6-3-12/h2-7,9-10,16,19,21-23,25,27-29,31-33H,8,11H2,1H3/b7-4+/t16-,19+,21+,22-,23+,25+/m0/s1. The number of aliphatic hydroxyl groups is 4. The van der Waals surface area contributed by atoms with Crippen molar-refractivity contribution in [2.75, 3.05) is 18.6 Å². The highest BCUT2D eigenvalue weighted by Gasteiger charge is 2.45. The molecule has 0 bridgehead atoms. The smallest absolute Gasteiger partial charge is 0.329 e. The first-order valence-electron chi connectivity index (χ1n) is 11.4. The molecule has 1 saturated heterocycles. The van der Waals surface area contributed by atoms with Gasteiger partial charge in [0.05, 0.1) is 19.4 Å². The second-order valence-electron chi connectivity index (χ2n) is 8.64. The zero-order valence-corrected chi connectivity index (χ0v) is 19.7. The van der Waals surface area contributed by atoms with Crippen LogP contribution in [0.5, 0.6) is 17.2 Å². The maximum absolute atomic E-state index is 13.2. The summed E-state index contributed by atoms with van der Waals surface area (Å²) in [4.78, 5) is 26.9. The highest BCUT2D eigenvalue weighted by molar-refractivity contribution is 6.09. The summed E-state index contributed by atoms with van der Waals surface area (Å²) >= 11 is 0. The van der Waals surface area contributed by atoms with Gasteiger partial charge < -0.3 is 44.8 Å². The van der Waals surface area contributed by atoms with Gasteiger partial charge >= 0.3 is 5.97 Å². The van der Waals surface area contributed by atoms with Crippen LogP contribution in [-0.2, 0) is 25.5 Å². The first kappa shape index (κ1) is 26.4. The molecule has 2 aromatic carbocycles. The predicted molar refractivity (Wildman–Crippen MR) is 127 cm³/mol. The summed E-state index contributed by atoms with van der Waals surface area (Å²) in [6, 6.07) is 7.65. The molecule has 0 aliphatic carbocycles. The van der Waals surface area contributed by atoms with Crippen molar-refractivity contribution in [2.45, 2.75) is 43.2 Å². The van der Waals surface area contributed by atoms with E-state index < -0.39 is 61.0 Å². The number of ether oxygens (including phenoxy) is 3. The second kappa shape index (κ2) is 10.7. The number of fused-ring (bicyclic) bond motifs is 1. The van der Waals surface area contributed by atoms with Gasteiger partial charge in [-0.25, -0.2) is 4.79 Å². The highest BCUT2D eigenvalue weighted by Crippen LogP contribution is 2.42. The van der Waals surface area contributed by atoms with E-state index in [9.17, 15) is 40.2 Å². The van der Waals surface area contributed by atoms with E-state index in [1.54, 1.807) is 12.1 Å². The van der Waals surface area contributed by atoms with Gasteiger partial charge in [-0.05, 0) is 35.4 Å². The molecular weight excluding hydrogens is 490 g/mol. The number of esters is 1. The molecule has 0 spiro atoms. The molecule has 2 aliphatic rings. The Hall–Kier alpha value is -3.68. The molecule has 2 heterocycles. The van der Waals surface area contributed by atoms with Crippen LogP contribution in [0.1, 0.15) is 11.1 Å². The number of hydrogen-bond donors (Lipinski definition) is 6. The Bertz CT molecular complexity index is 1180. The number of methoxy groups -OCH3 is 1. The summed E-state index contributed by atoms with van der Waals surface area (Å²) in [6.45, 7) is -0.669. The van der Waals surface area contributed by atoms with Gasteiger partial charge in [0.15, 0.2) is 11.5 Å². The molecular formula is C25H27NO11. The monoisotopic (exact) mass is 517 g/mol. The van der Waals surface area contributed by atoms with Crippen molar-refractivity contribution in [1.29, 1.82) is 0 Å². The molecule has 2 aliphatic heterocycles. The van der Waals surface area contributed by atoms with Crippen LogP contribution in [-0.4, -0.2) is 93.0 Å². The third-order valence-electron chi connectivity index (χ3n) is 6.26. The number of carbonyl (C=O) groups excluding carboxylic acids is 2. The van der Waals surface area contributed by atoms with Crippen molar-refractivity contribution in [1.82, 2.24) is 0 Å². The lowest BCUT2D eigenvalue weighted by molar-refractivity contribution is -0.277. The molecule has 0 radical (unpaired) electrons. The molecule has 0 saturated carbocycles. The van der Waals surface area contributed by atoms with Crippen LogP contribution >= 0.6 is 0 Å². The van der Waals surface area contributed by atoms with Crippen molar-refractivity contribution < 1.29 is 54.4 Å². The Morgan fingerprint density at radius 2 is 1.78 bits per heavy atom. The maximum Gasteiger partial charge on any atom is 0.329 e. The predicted octanol–water partition coefficient (Wildman–Crippen LogP) is -0.579. The minimum atomic E-state index is -1.72. The Labute approximate surface area is 211 Å². The van der Waals surface area contributed by atoms with Crippen molar-refractivity contribution in [2.24, 2.45) is 0 Å². The van der Waals surface area contributed by atoms with E-state index in [0.29, 0.717) is 11.1 Å². The number of benzene rings is 2. The Balaban J connectivity index is 1.64. The third-order valence-corrected chi connectivity index (χ3v) is 6.26. The third kappa shape index (κ3) is 5.24. The van der Waals surface area contributed by atoms with Crippen LogP contribution in [0, 0.1) is 0 Å². The van der Waals surface area contributed by atoms with Crippen molar-refractivity contribution in [3.05, 3.63) is 53.6 Å². The van der Waals surface area contributed by atoms with Gasteiger partial charge in [-0.1, -0.05) is 12.1 Å². The summed E-state index contributed by atoms with van der Waals surface area (Å²) < 4.78 is 15.8. The van der Waals surface area contributed by atoms with E-state index in [1.165, 1.54) is 48.4 Å². The largest absolute Gasteiger partial charge is 0.508 e. The fourth-order valence-electron chi connectivity index (χ4n) is 4.27. The fourth-order valence-corrected chi connectivity index (χ4v) is 4.27. The van der Waals surface area contributed by atoms with Crippen LogP contribution in [0.4, 0.5) is 5.69 Å². The van der Waals surface area contributed by atoms with E-state index in [1.807, 2.05) is 0 Å². The van der Waals surface area contributed by atoms with Gasteiger partial charge in [-0.15, -0.1) is 0 Å².